The SMILES string of the molecule is CCOc1cccc(-c2ccc(CN3CCN(c4ccc(C(=O)Nc5ccc(OC)cc5)cc4)CC3)c3ccccc23)c1. The second-order valence-electron chi connectivity index (χ2n) is 10.8. The van der Waals surface area contributed by atoms with Gasteiger partial charge in [0.25, 0.3) is 5.91 Å². The number of nitrogens with zero attached hydrogens (tertiary/aromatic N) is 2. The molecule has 5 aromatic carbocycles. The fraction of sp³-hybridized carbons (Fsp3) is 0.216. The molecule has 43 heavy (non-hydrogen) atoms. The monoisotopic (exact) mass is 571 g/mol. The van der Waals surface area contributed by atoms with Crippen LogP contribution in [-0.4, -0.2) is 50.7 Å². The standard InChI is InChI=1S/C37H37N3O3/c1-3-43-33-8-6-7-28(25-33)35-20-13-29(34-9-4-5-10-36(34)35)26-39-21-23-40(24-22-39)31-16-11-27(12-17-31)37(41)38-30-14-18-32(42-2)19-15-30/h4-20,25H,3,21-24,26H2,1-2H3,(H,38,41). The number of amides is 1. The third-order valence-electron chi connectivity index (χ3n) is 8.08. The molecule has 0 aromatic heterocycles. The lowest BCUT2D eigenvalue weighted by atomic mass is 9.94. The summed E-state index contributed by atoms with van der Waals surface area (Å²) in [6.07, 6.45) is 0. The van der Waals surface area contributed by atoms with Crippen LogP contribution in [0.15, 0.2) is 109 Å². The molecule has 0 bridgehead atoms. The second-order valence-corrected chi connectivity index (χ2v) is 10.8. The van der Waals surface area contributed by atoms with Crippen molar-refractivity contribution in [2.45, 2.75) is 13.5 Å². The first-order chi connectivity index (χ1) is 21.1. The number of ether oxygens (including phenoxy) is 2. The molecular weight excluding hydrogens is 534 g/mol. The number of hydrogen-bond acceptors (Lipinski definition) is 5. The molecule has 1 amide bonds. The van der Waals surface area contributed by atoms with Gasteiger partial charge in [0.2, 0.25) is 0 Å². The van der Waals surface area contributed by atoms with Gasteiger partial charge in [-0.15, -0.1) is 0 Å². The molecule has 1 aliphatic heterocycles. The van der Waals surface area contributed by atoms with E-state index in [1.807, 2.05) is 61.5 Å². The highest BCUT2D eigenvalue weighted by Crippen LogP contribution is 2.33. The Morgan fingerprint density at radius 3 is 2.23 bits per heavy atom. The number of piperazine rings is 1. The van der Waals surface area contributed by atoms with Crippen LogP contribution in [-0.2, 0) is 6.54 Å². The molecule has 1 aliphatic rings. The van der Waals surface area contributed by atoms with E-state index in [1.54, 1.807) is 7.11 Å². The van der Waals surface area contributed by atoms with Gasteiger partial charge in [0.05, 0.1) is 13.7 Å². The van der Waals surface area contributed by atoms with Crippen LogP contribution in [0.4, 0.5) is 11.4 Å². The predicted molar refractivity (Wildman–Crippen MR) is 175 cm³/mol. The molecule has 1 saturated heterocycles. The lowest BCUT2D eigenvalue weighted by Crippen LogP contribution is -2.46. The summed E-state index contributed by atoms with van der Waals surface area (Å²) >= 11 is 0. The normalized spacial score (nSPS) is 13.6. The Morgan fingerprint density at radius 2 is 1.51 bits per heavy atom. The van der Waals surface area contributed by atoms with Crippen molar-refractivity contribution in [2.24, 2.45) is 0 Å². The molecule has 1 fully saturated rings. The van der Waals surface area contributed by atoms with Gasteiger partial charge in [-0.3, -0.25) is 9.69 Å². The third kappa shape index (κ3) is 6.50. The van der Waals surface area contributed by atoms with E-state index in [-0.39, 0.29) is 5.91 Å². The molecule has 0 atom stereocenters. The van der Waals surface area contributed by atoms with Crippen molar-refractivity contribution < 1.29 is 14.3 Å². The molecule has 0 aliphatic carbocycles. The first-order valence-corrected chi connectivity index (χ1v) is 14.9. The number of hydrogen-bond donors (Lipinski definition) is 1. The average Bonchev–Trinajstić information content (AvgIpc) is 3.06. The first kappa shape index (κ1) is 28.3. The quantitative estimate of drug-likeness (QED) is 0.199. The summed E-state index contributed by atoms with van der Waals surface area (Å²) in [7, 11) is 1.63. The van der Waals surface area contributed by atoms with Crippen LogP contribution in [0.3, 0.4) is 0 Å². The predicted octanol–water partition coefficient (Wildman–Crippen LogP) is 7.49. The summed E-state index contributed by atoms with van der Waals surface area (Å²) in [5, 5.41) is 5.52. The third-order valence-corrected chi connectivity index (χ3v) is 8.08. The number of carbonyl (C=O) groups is 1. The van der Waals surface area contributed by atoms with E-state index in [1.165, 1.54) is 27.5 Å². The van der Waals surface area contributed by atoms with Crippen molar-refractivity contribution in [3.8, 4) is 22.6 Å². The highest BCUT2D eigenvalue weighted by atomic mass is 16.5. The van der Waals surface area contributed by atoms with Gasteiger partial charge in [0.15, 0.2) is 0 Å². The van der Waals surface area contributed by atoms with Crippen LogP contribution in [0.1, 0.15) is 22.8 Å². The van der Waals surface area contributed by atoms with E-state index in [4.69, 9.17) is 9.47 Å². The molecule has 0 unspecified atom stereocenters. The van der Waals surface area contributed by atoms with Crippen molar-refractivity contribution in [3.05, 3.63) is 120 Å². The number of rotatable bonds is 9. The van der Waals surface area contributed by atoms with Crippen LogP contribution in [0.2, 0.25) is 0 Å². The van der Waals surface area contributed by atoms with Crippen LogP contribution in [0.5, 0.6) is 11.5 Å². The fourth-order valence-electron chi connectivity index (χ4n) is 5.78. The second kappa shape index (κ2) is 13.0. The minimum Gasteiger partial charge on any atom is -0.497 e. The molecule has 1 heterocycles. The van der Waals surface area contributed by atoms with Crippen LogP contribution >= 0.6 is 0 Å². The molecule has 218 valence electrons. The Labute approximate surface area is 253 Å². The molecule has 0 spiro atoms. The molecule has 1 N–H and O–H groups in total. The molecule has 6 heteroatoms. The fourth-order valence-corrected chi connectivity index (χ4v) is 5.78. The van der Waals surface area contributed by atoms with Crippen molar-refractivity contribution in [2.75, 3.05) is 50.1 Å². The highest BCUT2D eigenvalue weighted by Gasteiger charge is 2.19. The Balaban J connectivity index is 1.09. The molecule has 6 nitrogen and oxygen atoms in total. The van der Waals surface area contributed by atoms with Gasteiger partial charge in [-0.2, -0.15) is 0 Å². The van der Waals surface area contributed by atoms with Crippen molar-refractivity contribution in [1.29, 1.82) is 0 Å². The molecule has 6 rings (SSSR count). The minimum atomic E-state index is -0.123. The van der Waals surface area contributed by atoms with Gasteiger partial charge in [-0.1, -0.05) is 48.5 Å². The maximum absolute atomic E-state index is 12.7. The summed E-state index contributed by atoms with van der Waals surface area (Å²) in [6.45, 7) is 7.43. The van der Waals surface area contributed by atoms with E-state index in [9.17, 15) is 4.79 Å². The highest BCUT2D eigenvalue weighted by molar-refractivity contribution is 6.04. The number of carbonyl (C=O) groups excluding carboxylic acids is 1. The maximum atomic E-state index is 12.7. The Bertz CT molecular complexity index is 1690. The van der Waals surface area contributed by atoms with E-state index < -0.39 is 0 Å². The minimum absolute atomic E-state index is 0.123. The number of fused-ring (bicyclic) bond motifs is 1. The van der Waals surface area contributed by atoms with Crippen molar-refractivity contribution in [1.82, 2.24) is 4.90 Å². The Hall–Kier alpha value is -4.81. The zero-order valence-electron chi connectivity index (χ0n) is 24.8. The number of nitrogens with one attached hydrogen (secondary N) is 1. The molecular formula is C37H37N3O3. The number of methoxy groups -OCH3 is 1. The summed E-state index contributed by atoms with van der Waals surface area (Å²) < 4.78 is 10.9. The Kier molecular flexibility index (Phi) is 8.57. The van der Waals surface area contributed by atoms with Gasteiger partial charge in [0, 0.05) is 49.7 Å². The van der Waals surface area contributed by atoms with Crippen LogP contribution in [0, 0.1) is 0 Å². The lowest BCUT2D eigenvalue weighted by molar-refractivity contribution is 0.102. The molecule has 0 saturated carbocycles. The molecule has 5 aromatic rings. The zero-order valence-corrected chi connectivity index (χ0v) is 24.8. The van der Waals surface area contributed by atoms with Gasteiger partial charge < -0.3 is 19.7 Å². The lowest BCUT2D eigenvalue weighted by Gasteiger charge is -2.36. The van der Waals surface area contributed by atoms with Gasteiger partial charge in [-0.25, -0.2) is 0 Å². The zero-order chi connectivity index (χ0) is 29.6. The Morgan fingerprint density at radius 1 is 0.767 bits per heavy atom. The van der Waals surface area contributed by atoms with E-state index in [0.717, 1.165) is 55.6 Å². The summed E-state index contributed by atoms with van der Waals surface area (Å²) in [5.41, 5.74) is 6.27. The topological polar surface area (TPSA) is 54.0 Å². The summed E-state index contributed by atoms with van der Waals surface area (Å²) in [5.74, 6) is 1.53. The van der Waals surface area contributed by atoms with Crippen molar-refractivity contribution in [3.63, 3.8) is 0 Å². The van der Waals surface area contributed by atoms with Crippen LogP contribution in [0.25, 0.3) is 21.9 Å². The number of anilines is 2. The number of benzene rings is 5. The smallest absolute Gasteiger partial charge is 0.255 e. The average molecular weight is 572 g/mol. The van der Waals surface area contributed by atoms with Crippen LogP contribution < -0.4 is 19.7 Å². The largest absolute Gasteiger partial charge is 0.497 e. The van der Waals surface area contributed by atoms with E-state index >= 15 is 0 Å². The summed E-state index contributed by atoms with van der Waals surface area (Å²) in [4.78, 5) is 17.7. The maximum Gasteiger partial charge on any atom is 0.255 e. The van der Waals surface area contributed by atoms with E-state index in [0.29, 0.717) is 12.2 Å². The summed E-state index contributed by atoms with van der Waals surface area (Å²) in [6, 6.07) is 36.8. The van der Waals surface area contributed by atoms with E-state index in [2.05, 4.69) is 69.7 Å². The van der Waals surface area contributed by atoms with Gasteiger partial charge in [-0.05, 0) is 95.1 Å². The van der Waals surface area contributed by atoms with Gasteiger partial charge >= 0.3 is 0 Å². The van der Waals surface area contributed by atoms with Crippen molar-refractivity contribution >= 4 is 28.1 Å². The molecule has 0 radical (unpaired) electrons. The van der Waals surface area contributed by atoms with Gasteiger partial charge in [0.1, 0.15) is 11.5 Å². The first-order valence-electron chi connectivity index (χ1n) is 14.9.